The van der Waals surface area contributed by atoms with E-state index in [0.717, 1.165) is 12.0 Å². The van der Waals surface area contributed by atoms with Gasteiger partial charge in [0.25, 0.3) is 0 Å². The average Bonchev–Trinajstić information content (AvgIpc) is 3.00. The first-order chi connectivity index (χ1) is 20.2. The van der Waals surface area contributed by atoms with Crippen LogP contribution in [0.5, 0.6) is 0 Å². The SMILES string of the molecule is NCCOCCOCCNc1nc(NCCC(c2ccccc2)c2ccccc2)nc(NCc2cccc(F)c2)n1. The number of nitrogens with two attached hydrogens (primary N) is 1. The van der Waals surface area contributed by atoms with E-state index in [1.165, 1.54) is 23.3 Å². The molecule has 0 amide bonds. The van der Waals surface area contributed by atoms with Crippen molar-refractivity contribution in [3.63, 3.8) is 0 Å². The quantitative estimate of drug-likeness (QED) is 0.129. The maximum Gasteiger partial charge on any atom is 0.229 e. The van der Waals surface area contributed by atoms with Gasteiger partial charge in [-0.05, 0) is 35.2 Å². The Balaban J connectivity index is 1.39. The summed E-state index contributed by atoms with van der Waals surface area (Å²) < 4.78 is 24.6. The normalized spacial score (nSPS) is 11.0. The van der Waals surface area contributed by atoms with Gasteiger partial charge in [-0.1, -0.05) is 72.8 Å². The minimum atomic E-state index is -0.288. The summed E-state index contributed by atoms with van der Waals surface area (Å²) in [6, 6.07) is 27.4. The molecule has 0 unspecified atom stereocenters. The largest absolute Gasteiger partial charge is 0.378 e. The van der Waals surface area contributed by atoms with Gasteiger partial charge in [0, 0.05) is 32.1 Å². The Hall–Kier alpha value is -4.12. The van der Waals surface area contributed by atoms with Crippen molar-refractivity contribution in [2.45, 2.75) is 18.9 Å². The van der Waals surface area contributed by atoms with Crippen LogP contribution in [0.3, 0.4) is 0 Å². The zero-order chi connectivity index (χ0) is 28.5. The van der Waals surface area contributed by atoms with Gasteiger partial charge in [0.1, 0.15) is 5.82 Å². The molecule has 5 N–H and O–H groups in total. The van der Waals surface area contributed by atoms with Crippen molar-refractivity contribution >= 4 is 17.8 Å². The summed E-state index contributed by atoms with van der Waals surface area (Å²) in [5.41, 5.74) is 8.71. The summed E-state index contributed by atoms with van der Waals surface area (Å²) in [7, 11) is 0. The van der Waals surface area contributed by atoms with Crippen LogP contribution in [0.15, 0.2) is 84.9 Å². The van der Waals surface area contributed by atoms with Gasteiger partial charge < -0.3 is 31.2 Å². The molecule has 1 heterocycles. The van der Waals surface area contributed by atoms with Gasteiger partial charge in [-0.25, -0.2) is 4.39 Å². The lowest BCUT2D eigenvalue weighted by atomic mass is 9.88. The smallest absolute Gasteiger partial charge is 0.229 e. The zero-order valence-electron chi connectivity index (χ0n) is 23.1. The number of halogens is 1. The first-order valence-corrected chi connectivity index (χ1v) is 13.9. The van der Waals surface area contributed by atoms with Gasteiger partial charge in [-0.3, -0.25) is 0 Å². The van der Waals surface area contributed by atoms with Crippen molar-refractivity contribution in [1.29, 1.82) is 0 Å². The molecule has 4 rings (SSSR count). The Labute approximate surface area is 240 Å². The monoisotopic (exact) mass is 559 g/mol. The van der Waals surface area contributed by atoms with Crippen molar-refractivity contribution in [3.05, 3.63) is 107 Å². The van der Waals surface area contributed by atoms with Gasteiger partial charge in [0.15, 0.2) is 0 Å². The van der Waals surface area contributed by atoms with Crippen LogP contribution in [-0.4, -0.2) is 61.0 Å². The third-order valence-electron chi connectivity index (χ3n) is 6.26. The van der Waals surface area contributed by atoms with Crippen LogP contribution in [0, 0.1) is 5.82 Å². The van der Waals surface area contributed by atoms with E-state index in [-0.39, 0.29) is 11.7 Å². The van der Waals surface area contributed by atoms with Crippen molar-refractivity contribution in [1.82, 2.24) is 15.0 Å². The minimum Gasteiger partial charge on any atom is -0.378 e. The van der Waals surface area contributed by atoms with E-state index in [4.69, 9.17) is 15.2 Å². The lowest BCUT2D eigenvalue weighted by Gasteiger charge is -2.19. The van der Waals surface area contributed by atoms with Gasteiger partial charge in [-0.15, -0.1) is 0 Å². The topological polar surface area (TPSA) is 119 Å². The second-order valence-corrected chi connectivity index (χ2v) is 9.32. The summed E-state index contributed by atoms with van der Waals surface area (Å²) in [4.78, 5) is 13.6. The molecule has 0 aliphatic carbocycles. The fourth-order valence-corrected chi connectivity index (χ4v) is 4.31. The lowest BCUT2D eigenvalue weighted by Crippen LogP contribution is -2.17. The molecule has 0 saturated carbocycles. The Kier molecular flexibility index (Phi) is 12.3. The highest BCUT2D eigenvalue weighted by Gasteiger charge is 2.14. The summed E-state index contributed by atoms with van der Waals surface area (Å²) in [5.74, 6) is 1.17. The second-order valence-electron chi connectivity index (χ2n) is 9.32. The maximum absolute atomic E-state index is 13.6. The molecular weight excluding hydrogens is 521 g/mol. The number of hydrogen-bond acceptors (Lipinski definition) is 9. The summed E-state index contributed by atoms with van der Waals surface area (Å²) >= 11 is 0. The van der Waals surface area contributed by atoms with Crippen LogP contribution in [0.2, 0.25) is 0 Å². The molecule has 0 aliphatic heterocycles. The average molecular weight is 560 g/mol. The number of aromatic nitrogens is 3. The molecule has 0 saturated heterocycles. The molecule has 1 aromatic heterocycles. The standard InChI is InChI=1S/C31H38FN7O2/c32-27-13-7-8-24(22-27)23-36-31-38-29(37-30(39-31)35-17-19-41-21-20-40-18-15-33)34-16-14-28(25-9-3-1-4-10-25)26-11-5-2-6-12-26/h1-13,22,28H,14-21,23,33H2,(H3,34,35,36,37,38,39). The molecule has 0 spiro atoms. The third-order valence-corrected chi connectivity index (χ3v) is 6.26. The molecule has 10 heteroatoms. The molecule has 3 aromatic carbocycles. The predicted molar refractivity (Wildman–Crippen MR) is 161 cm³/mol. The highest BCUT2D eigenvalue weighted by Crippen LogP contribution is 2.27. The fourth-order valence-electron chi connectivity index (χ4n) is 4.31. The number of ether oxygens (including phenoxy) is 2. The summed E-state index contributed by atoms with van der Waals surface area (Å²) in [5, 5.41) is 9.75. The number of hydrogen-bond donors (Lipinski definition) is 4. The third kappa shape index (κ3) is 10.4. The first kappa shape index (κ1) is 29.9. The van der Waals surface area contributed by atoms with Crippen molar-refractivity contribution in [3.8, 4) is 0 Å². The van der Waals surface area contributed by atoms with E-state index >= 15 is 0 Å². The van der Waals surface area contributed by atoms with Crippen LogP contribution in [0.4, 0.5) is 22.2 Å². The van der Waals surface area contributed by atoms with E-state index in [2.05, 4.69) is 79.4 Å². The zero-order valence-corrected chi connectivity index (χ0v) is 23.1. The first-order valence-electron chi connectivity index (χ1n) is 13.9. The molecular formula is C31H38FN7O2. The minimum absolute atomic E-state index is 0.223. The molecule has 216 valence electrons. The molecule has 0 radical (unpaired) electrons. The van der Waals surface area contributed by atoms with Crippen LogP contribution < -0.4 is 21.7 Å². The molecule has 0 bridgehead atoms. The van der Waals surface area contributed by atoms with Crippen LogP contribution in [-0.2, 0) is 16.0 Å². The predicted octanol–water partition coefficient (Wildman–Crippen LogP) is 4.66. The number of nitrogens with zero attached hydrogens (tertiary/aromatic N) is 3. The Bertz CT molecular complexity index is 1260. The second kappa shape index (κ2) is 16.9. The van der Waals surface area contributed by atoms with Crippen LogP contribution in [0.25, 0.3) is 0 Å². The fraction of sp³-hybridized carbons (Fsp3) is 0.323. The Morgan fingerprint density at radius 2 is 1.24 bits per heavy atom. The molecule has 0 aliphatic rings. The molecule has 0 atom stereocenters. The van der Waals surface area contributed by atoms with Gasteiger partial charge in [-0.2, -0.15) is 15.0 Å². The Morgan fingerprint density at radius 3 is 1.85 bits per heavy atom. The van der Waals surface area contributed by atoms with Crippen molar-refractivity contribution in [2.24, 2.45) is 5.73 Å². The number of nitrogens with one attached hydrogen (secondary N) is 3. The Morgan fingerprint density at radius 1 is 0.659 bits per heavy atom. The van der Waals surface area contributed by atoms with E-state index in [9.17, 15) is 4.39 Å². The van der Waals surface area contributed by atoms with E-state index in [1.54, 1.807) is 6.07 Å². The molecule has 4 aromatic rings. The number of rotatable bonds is 18. The summed E-state index contributed by atoms with van der Waals surface area (Å²) in [6.07, 6.45) is 0.842. The van der Waals surface area contributed by atoms with Gasteiger partial charge in [0.05, 0.1) is 26.4 Å². The van der Waals surface area contributed by atoms with Crippen molar-refractivity contribution in [2.75, 3.05) is 62.0 Å². The highest BCUT2D eigenvalue weighted by atomic mass is 19.1. The van der Waals surface area contributed by atoms with Gasteiger partial charge >= 0.3 is 0 Å². The number of benzene rings is 3. The van der Waals surface area contributed by atoms with Crippen LogP contribution in [0.1, 0.15) is 29.0 Å². The van der Waals surface area contributed by atoms with E-state index in [0.29, 0.717) is 70.5 Å². The van der Waals surface area contributed by atoms with Gasteiger partial charge in [0.2, 0.25) is 17.8 Å². The molecule has 41 heavy (non-hydrogen) atoms. The van der Waals surface area contributed by atoms with Crippen LogP contribution >= 0.6 is 0 Å². The summed E-state index contributed by atoms with van der Waals surface area (Å²) in [6.45, 7) is 3.98. The highest BCUT2D eigenvalue weighted by molar-refractivity contribution is 5.43. The number of anilines is 3. The van der Waals surface area contributed by atoms with E-state index in [1.807, 2.05) is 18.2 Å². The lowest BCUT2D eigenvalue weighted by molar-refractivity contribution is 0.0547. The van der Waals surface area contributed by atoms with E-state index < -0.39 is 0 Å². The molecule has 0 fully saturated rings. The van der Waals surface area contributed by atoms with Crippen molar-refractivity contribution < 1.29 is 13.9 Å². The maximum atomic E-state index is 13.6. The molecule has 9 nitrogen and oxygen atoms in total.